The van der Waals surface area contributed by atoms with Crippen LogP contribution in [0, 0.1) is 0 Å². The molecular weight excluding hydrogens is 280 g/mol. The lowest BCUT2D eigenvalue weighted by molar-refractivity contribution is 0.409. The first-order valence-electron chi connectivity index (χ1n) is 5.55. The van der Waals surface area contributed by atoms with Crippen molar-refractivity contribution in [3.05, 3.63) is 23.8 Å². The van der Waals surface area contributed by atoms with Gasteiger partial charge in [0.2, 0.25) is 0 Å². The standard InChI is InChI=1S/C13H21BrOSi/c1-13(2,14)10-8-7-9-11(12(10)15-3)16(4,5)6/h7-9H,1-6H3. The van der Waals surface area contributed by atoms with Gasteiger partial charge in [-0.1, -0.05) is 53.8 Å². The lowest BCUT2D eigenvalue weighted by Gasteiger charge is -2.26. The lowest BCUT2D eigenvalue weighted by Crippen LogP contribution is -2.39. The Morgan fingerprint density at radius 1 is 1.19 bits per heavy atom. The molecule has 0 spiro atoms. The molecule has 0 N–H and O–H groups in total. The van der Waals surface area contributed by atoms with Gasteiger partial charge >= 0.3 is 0 Å². The fraction of sp³-hybridized carbons (Fsp3) is 0.538. The highest BCUT2D eigenvalue weighted by atomic mass is 79.9. The van der Waals surface area contributed by atoms with E-state index in [-0.39, 0.29) is 4.32 Å². The Bertz CT molecular complexity index is 342. The van der Waals surface area contributed by atoms with Crippen LogP contribution in [0.5, 0.6) is 5.75 Å². The van der Waals surface area contributed by atoms with Crippen molar-refractivity contribution < 1.29 is 4.74 Å². The van der Waals surface area contributed by atoms with Crippen molar-refractivity contribution in [2.75, 3.05) is 7.11 Å². The number of methoxy groups -OCH3 is 1. The summed E-state index contributed by atoms with van der Waals surface area (Å²) >= 11 is 3.71. The van der Waals surface area contributed by atoms with Gasteiger partial charge in [-0.15, -0.1) is 0 Å². The summed E-state index contributed by atoms with van der Waals surface area (Å²) in [5, 5.41) is 1.39. The molecule has 0 unspecified atom stereocenters. The molecule has 90 valence electrons. The maximum Gasteiger partial charge on any atom is 0.122 e. The van der Waals surface area contributed by atoms with Crippen LogP contribution in [0.25, 0.3) is 0 Å². The normalized spacial score (nSPS) is 12.7. The molecule has 1 rings (SSSR count). The summed E-state index contributed by atoms with van der Waals surface area (Å²) in [7, 11) is 0.410. The molecule has 0 heterocycles. The van der Waals surface area contributed by atoms with E-state index in [9.17, 15) is 0 Å². The third-order valence-electron chi connectivity index (χ3n) is 2.67. The maximum atomic E-state index is 5.63. The number of rotatable bonds is 3. The van der Waals surface area contributed by atoms with Gasteiger partial charge in [-0.05, 0) is 19.0 Å². The van der Waals surface area contributed by atoms with Crippen molar-refractivity contribution in [3.8, 4) is 5.75 Å². The lowest BCUT2D eigenvalue weighted by atomic mass is 10.0. The van der Waals surface area contributed by atoms with Gasteiger partial charge in [0.1, 0.15) is 5.75 Å². The highest BCUT2D eigenvalue weighted by Crippen LogP contribution is 2.36. The molecule has 0 radical (unpaired) electrons. The largest absolute Gasteiger partial charge is 0.497 e. The van der Waals surface area contributed by atoms with Gasteiger partial charge in [0.15, 0.2) is 0 Å². The Balaban J connectivity index is 3.45. The predicted molar refractivity (Wildman–Crippen MR) is 77.9 cm³/mol. The first kappa shape index (κ1) is 13.8. The van der Waals surface area contributed by atoms with Crippen LogP contribution in [0.15, 0.2) is 18.2 Å². The van der Waals surface area contributed by atoms with Gasteiger partial charge in [-0.3, -0.25) is 0 Å². The molecule has 0 atom stereocenters. The van der Waals surface area contributed by atoms with Crippen LogP contribution < -0.4 is 9.92 Å². The Labute approximate surface area is 108 Å². The van der Waals surface area contributed by atoms with E-state index in [1.165, 1.54) is 10.8 Å². The molecule has 1 aromatic carbocycles. The van der Waals surface area contributed by atoms with Crippen LogP contribution in [-0.2, 0) is 4.32 Å². The van der Waals surface area contributed by atoms with Crippen molar-refractivity contribution in [2.45, 2.75) is 37.8 Å². The maximum absolute atomic E-state index is 5.63. The van der Waals surface area contributed by atoms with E-state index in [0.29, 0.717) is 0 Å². The van der Waals surface area contributed by atoms with Crippen LogP contribution in [-0.4, -0.2) is 15.2 Å². The van der Waals surface area contributed by atoms with Crippen molar-refractivity contribution in [3.63, 3.8) is 0 Å². The number of ether oxygens (including phenoxy) is 1. The summed E-state index contributed by atoms with van der Waals surface area (Å²) < 4.78 is 5.59. The van der Waals surface area contributed by atoms with E-state index >= 15 is 0 Å². The second kappa shape index (κ2) is 4.53. The summed E-state index contributed by atoms with van der Waals surface area (Å²) in [5.41, 5.74) is 1.23. The second-order valence-corrected chi connectivity index (χ2v) is 12.6. The van der Waals surface area contributed by atoms with Crippen LogP contribution in [0.1, 0.15) is 19.4 Å². The molecule has 0 aliphatic rings. The minimum atomic E-state index is -1.35. The van der Waals surface area contributed by atoms with E-state index in [2.05, 4.69) is 67.6 Å². The number of benzene rings is 1. The van der Waals surface area contributed by atoms with Gasteiger partial charge in [0, 0.05) is 9.89 Å². The summed E-state index contributed by atoms with van der Waals surface area (Å²) in [6, 6.07) is 6.47. The van der Waals surface area contributed by atoms with E-state index in [1.807, 2.05) is 0 Å². The molecule has 16 heavy (non-hydrogen) atoms. The Hall–Kier alpha value is -0.283. The van der Waals surface area contributed by atoms with E-state index in [1.54, 1.807) is 7.11 Å². The summed E-state index contributed by atoms with van der Waals surface area (Å²) in [6.45, 7) is 11.3. The summed E-state index contributed by atoms with van der Waals surface area (Å²) in [6.07, 6.45) is 0. The SMILES string of the molecule is COc1c(C(C)(C)Br)cccc1[Si](C)(C)C. The van der Waals surface area contributed by atoms with E-state index in [4.69, 9.17) is 4.74 Å². The third kappa shape index (κ3) is 2.89. The number of halogens is 1. The van der Waals surface area contributed by atoms with Gasteiger partial charge in [-0.25, -0.2) is 0 Å². The first-order valence-corrected chi connectivity index (χ1v) is 9.84. The molecule has 0 fully saturated rings. The predicted octanol–water partition coefficient (Wildman–Crippen LogP) is 3.87. The molecule has 0 saturated carbocycles. The molecular formula is C13H21BrOSi. The van der Waals surface area contributed by atoms with Crippen molar-refractivity contribution in [2.24, 2.45) is 0 Å². The zero-order chi connectivity index (χ0) is 12.6. The molecule has 0 aliphatic heterocycles. The minimum Gasteiger partial charge on any atom is -0.497 e. The van der Waals surface area contributed by atoms with E-state index < -0.39 is 8.07 Å². The molecule has 0 amide bonds. The fourth-order valence-electron chi connectivity index (χ4n) is 1.82. The summed E-state index contributed by atoms with van der Waals surface area (Å²) in [4.78, 5) is 0. The topological polar surface area (TPSA) is 9.23 Å². The molecule has 1 aromatic rings. The third-order valence-corrected chi connectivity index (χ3v) is 5.10. The number of alkyl halides is 1. The van der Waals surface area contributed by atoms with Crippen molar-refractivity contribution in [1.82, 2.24) is 0 Å². The molecule has 1 nitrogen and oxygen atoms in total. The Morgan fingerprint density at radius 3 is 2.12 bits per heavy atom. The van der Waals surface area contributed by atoms with Crippen LogP contribution in [0.2, 0.25) is 19.6 Å². The average Bonchev–Trinajstić information content (AvgIpc) is 2.13. The van der Waals surface area contributed by atoms with Crippen LogP contribution >= 0.6 is 15.9 Å². The van der Waals surface area contributed by atoms with Gasteiger partial charge in [0.25, 0.3) is 0 Å². The number of para-hydroxylation sites is 1. The fourth-order valence-corrected chi connectivity index (χ4v) is 3.64. The molecule has 3 heteroatoms. The monoisotopic (exact) mass is 300 g/mol. The summed E-state index contributed by atoms with van der Waals surface area (Å²) in [5.74, 6) is 1.06. The Morgan fingerprint density at radius 2 is 1.75 bits per heavy atom. The minimum absolute atomic E-state index is 0.0476. The van der Waals surface area contributed by atoms with Gasteiger partial charge < -0.3 is 4.74 Å². The Kier molecular flexibility index (Phi) is 3.90. The average molecular weight is 301 g/mol. The van der Waals surface area contributed by atoms with Crippen LogP contribution in [0.3, 0.4) is 0 Å². The number of hydrogen-bond acceptors (Lipinski definition) is 1. The molecule has 0 saturated heterocycles. The van der Waals surface area contributed by atoms with Crippen LogP contribution in [0.4, 0.5) is 0 Å². The van der Waals surface area contributed by atoms with Gasteiger partial charge in [-0.2, -0.15) is 0 Å². The number of hydrogen-bond donors (Lipinski definition) is 0. The zero-order valence-electron chi connectivity index (χ0n) is 11.0. The van der Waals surface area contributed by atoms with Gasteiger partial charge in [0.05, 0.1) is 15.2 Å². The molecule has 0 bridgehead atoms. The van der Waals surface area contributed by atoms with Crippen molar-refractivity contribution in [1.29, 1.82) is 0 Å². The quantitative estimate of drug-likeness (QED) is 0.608. The second-order valence-electron chi connectivity index (χ2n) is 5.61. The first-order chi connectivity index (χ1) is 7.18. The highest BCUT2D eigenvalue weighted by molar-refractivity contribution is 9.09. The highest BCUT2D eigenvalue weighted by Gasteiger charge is 2.27. The molecule has 0 aromatic heterocycles. The smallest absolute Gasteiger partial charge is 0.122 e. The zero-order valence-corrected chi connectivity index (χ0v) is 13.6. The molecule has 0 aliphatic carbocycles. The van der Waals surface area contributed by atoms with E-state index in [0.717, 1.165) is 5.75 Å². The van der Waals surface area contributed by atoms with Crippen molar-refractivity contribution >= 4 is 29.2 Å².